The fraction of sp³-hybridized carbons (Fsp3) is 0.273. The second-order valence-electron chi connectivity index (χ2n) is 6.90. The van der Waals surface area contributed by atoms with Gasteiger partial charge in [-0.1, -0.05) is 60.8 Å². The molecular weight excluding hydrogens is 397 g/mol. The number of hydrogen-bond donors (Lipinski definition) is 0. The SMILES string of the molecule is Cc1cccc(C(=O)CCc2nc(-c3ccc(Cl)cc3Cl)sc2C(C)C)c1. The molecule has 3 rings (SSSR count). The van der Waals surface area contributed by atoms with Crippen LogP contribution >= 0.6 is 34.5 Å². The number of Topliss-reactive ketones (excluding diaryl/α,β-unsaturated/α-hetero) is 1. The summed E-state index contributed by atoms with van der Waals surface area (Å²) in [6, 6.07) is 13.2. The van der Waals surface area contributed by atoms with Crippen LogP contribution in [0.2, 0.25) is 10.0 Å². The van der Waals surface area contributed by atoms with Gasteiger partial charge in [0.25, 0.3) is 0 Å². The lowest BCUT2D eigenvalue weighted by Gasteiger charge is -2.05. The first kappa shape index (κ1) is 20.1. The first-order chi connectivity index (χ1) is 12.8. The van der Waals surface area contributed by atoms with E-state index in [0.717, 1.165) is 27.4 Å². The summed E-state index contributed by atoms with van der Waals surface area (Å²) < 4.78 is 0. The lowest BCUT2D eigenvalue weighted by molar-refractivity contribution is 0.0982. The molecule has 0 saturated carbocycles. The zero-order chi connectivity index (χ0) is 19.6. The predicted octanol–water partition coefficient (Wildman–Crippen LogP) is 7.36. The van der Waals surface area contributed by atoms with Crippen molar-refractivity contribution in [3.63, 3.8) is 0 Å². The third-order valence-electron chi connectivity index (χ3n) is 4.34. The molecule has 0 aliphatic rings. The van der Waals surface area contributed by atoms with E-state index in [-0.39, 0.29) is 5.78 Å². The van der Waals surface area contributed by atoms with E-state index < -0.39 is 0 Å². The van der Waals surface area contributed by atoms with Crippen LogP contribution in [0.25, 0.3) is 10.6 Å². The van der Waals surface area contributed by atoms with Crippen LogP contribution < -0.4 is 0 Å². The number of nitrogens with zero attached hydrogens (tertiary/aromatic N) is 1. The van der Waals surface area contributed by atoms with Gasteiger partial charge >= 0.3 is 0 Å². The van der Waals surface area contributed by atoms with Gasteiger partial charge in [-0.05, 0) is 43.5 Å². The Bertz CT molecular complexity index is 978. The Morgan fingerprint density at radius 3 is 2.59 bits per heavy atom. The highest BCUT2D eigenvalue weighted by atomic mass is 35.5. The summed E-state index contributed by atoms with van der Waals surface area (Å²) in [5.41, 5.74) is 3.72. The monoisotopic (exact) mass is 417 g/mol. The average molecular weight is 418 g/mol. The van der Waals surface area contributed by atoms with Crippen molar-refractivity contribution in [2.24, 2.45) is 0 Å². The molecule has 3 aromatic rings. The zero-order valence-electron chi connectivity index (χ0n) is 15.6. The summed E-state index contributed by atoms with van der Waals surface area (Å²) >= 11 is 14.0. The molecule has 0 atom stereocenters. The maximum atomic E-state index is 12.6. The van der Waals surface area contributed by atoms with Crippen LogP contribution in [0.15, 0.2) is 42.5 Å². The molecule has 0 bridgehead atoms. The number of ketones is 1. The minimum Gasteiger partial charge on any atom is -0.294 e. The minimum atomic E-state index is 0.146. The summed E-state index contributed by atoms with van der Waals surface area (Å²) in [5.74, 6) is 0.485. The lowest BCUT2D eigenvalue weighted by Crippen LogP contribution is -2.03. The van der Waals surface area contributed by atoms with E-state index in [0.29, 0.717) is 28.8 Å². The van der Waals surface area contributed by atoms with Crippen molar-refractivity contribution >= 4 is 40.3 Å². The molecule has 0 amide bonds. The van der Waals surface area contributed by atoms with Crippen molar-refractivity contribution in [1.29, 1.82) is 0 Å². The van der Waals surface area contributed by atoms with Crippen LogP contribution in [0.3, 0.4) is 0 Å². The summed E-state index contributed by atoms with van der Waals surface area (Å²) in [6.45, 7) is 6.29. The van der Waals surface area contributed by atoms with E-state index in [4.69, 9.17) is 28.2 Å². The predicted molar refractivity (Wildman–Crippen MR) is 115 cm³/mol. The number of carbonyl (C=O) groups is 1. The van der Waals surface area contributed by atoms with E-state index in [9.17, 15) is 4.79 Å². The molecule has 5 heteroatoms. The van der Waals surface area contributed by atoms with Crippen LogP contribution in [-0.4, -0.2) is 10.8 Å². The van der Waals surface area contributed by atoms with Gasteiger partial charge in [-0.15, -0.1) is 11.3 Å². The Kier molecular flexibility index (Phi) is 6.36. The molecule has 0 unspecified atom stereocenters. The van der Waals surface area contributed by atoms with Crippen molar-refractivity contribution in [3.05, 3.63) is 74.2 Å². The summed E-state index contributed by atoms with van der Waals surface area (Å²) in [4.78, 5) is 18.6. The summed E-state index contributed by atoms with van der Waals surface area (Å²) in [7, 11) is 0. The lowest BCUT2D eigenvalue weighted by atomic mass is 10.0. The number of hydrogen-bond acceptors (Lipinski definition) is 3. The third-order valence-corrected chi connectivity index (χ3v) is 6.32. The number of halogens is 2. The molecule has 0 N–H and O–H groups in total. The smallest absolute Gasteiger partial charge is 0.163 e. The highest BCUT2D eigenvalue weighted by molar-refractivity contribution is 7.15. The molecule has 0 saturated heterocycles. The van der Waals surface area contributed by atoms with E-state index in [1.165, 1.54) is 4.88 Å². The standard InChI is InChI=1S/C22H21Cl2NOS/c1-13(2)21-19(9-10-20(26)15-6-4-5-14(3)11-15)25-22(27-21)17-8-7-16(23)12-18(17)24/h4-8,11-13H,9-10H2,1-3H3. The molecule has 1 heterocycles. The van der Waals surface area contributed by atoms with Crippen molar-refractivity contribution in [3.8, 4) is 10.6 Å². The summed E-state index contributed by atoms with van der Waals surface area (Å²) in [5, 5.41) is 2.07. The van der Waals surface area contributed by atoms with E-state index in [1.54, 1.807) is 17.4 Å². The molecular formula is C22H21Cl2NOS. The summed E-state index contributed by atoms with van der Waals surface area (Å²) in [6.07, 6.45) is 1.07. The molecule has 27 heavy (non-hydrogen) atoms. The molecule has 2 aromatic carbocycles. The topological polar surface area (TPSA) is 30.0 Å². The molecule has 0 spiro atoms. The number of carbonyl (C=O) groups excluding carboxylic acids is 1. The molecule has 2 nitrogen and oxygen atoms in total. The van der Waals surface area contributed by atoms with Gasteiger partial charge in [0.2, 0.25) is 0 Å². The fourth-order valence-corrected chi connectivity index (χ4v) is 4.67. The van der Waals surface area contributed by atoms with Crippen LogP contribution in [0, 0.1) is 6.92 Å². The minimum absolute atomic E-state index is 0.146. The normalized spacial score (nSPS) is 11.2. The second-order valence-corrected chi connectivity index (χ2v) is 8.78. The number of thiazole rings is 1. The Hall–Kier alpha value is -1.68. The molecule has 1 aromatic heterocycles. The molecule has 0 radical (unpaired) electrons. The largest absolute Gasteiger partial charge is 0.294 e. The number of rotatable bonds is 6. The molecule has 0 aliphatic heterocycles. The van der Waals surface area contributed by atoms with Crippen molar-refractivity contribution < 1.29 is 4.79 Å². The first-order valence-corrected chi connectivity index (χ1v) is 10.5. The van der Waals surface area contributed by atoms with Crippen LogP contribution in [-0.2, 0) is 6.42 Å². The van der Waals surface area contributed by atoms with Gasteiger partial charge in [-0.25, -0.2) is 4.98 Å². The van der Waals surface area contributed by atoms with Crippen molar-refractivity contribution in [2.45, 2.75) is 39.5 Å². The Morgan fingerprint density at radius 2 is 1.93 bits per heavy atom. The van der Waals surface area contributed by atoms with Crippen LogP contribution in [0.4, 0.5) is 0 Å². The van der Waals surface area contributed by atoms with E-state index in [2.05, 4.69) is 13.8 Å². The number of aromatic nitrogens is 1. The maximum Gasteiger partial charge on any atom is 0.163 e. The average Bonchev–Trinajstić information content (AvgIpc) is 3.04. The van der Waals surface area contributed by atoms with Gasteiger partial charge in [0, 0.05) is 27.4 Å². The highest BCUT2D eigenvalue weighted by Gasteiger charge is 2.18. The van der Waals surface area contributed by atoms with Gasteiger partial charge in [0.1, 0.15) is 5.01 Å². The van der Waals surface area contributed by atoms with E-state index in [1.807, 2.05) is 43.3 Å². The Labute approximate surface area is 174 Å². The molecule has 0 fully saturated rings. The third kappa shape index (κ3) is 4.78. The van der Waals surface area contributed by atoms with Crippen molar-refractivity contribution in [2.75, 3.05) is 0 Å². The molecule has 140 valence electrons. The van der Waals surface area contributed by atoms with Gasteiger partial charge < -0.3 is 0 Å². The number of benzene rings is 2. The van der Waals surface area contributed by atoms with Gasteiger partial charge in [-0.3, -0.25) is 4.79 Å². The van der Waals surface area contributed by atoms with Gasteiger partial charge in [0.05, 0.1) is 10.7 Å². The Morgan fingerprint density at radius 1 is 1.15 bits per heavy atom. The zero-order valence-corrected chi connectivity index (χ0v) is 17.9. The van der Waals surface area contributed by atoms with Gasteiger partial charge in [0.15, 0.2) is 5.78 Å². The maximum absolute atomic E-state index is 12.6. The second kappa shape index (κ2) is 8.55. The highest BCUT2D eigenvalue weighted by Crippen LogP contribution is 2.37. The molecule has 0 aliphatic carbocycles. The van der Waals surface area contributed by atoms with E-state index >= 15 is 0 Å². The quantitative estimate of drug-likeness (QED) is 0.391. The van der Waals surface area contributed by atoms with Gasteiger partial charge in [-0.2, -0.15) is 0 Å². The Balaban J connectivity index is 1.84. The van der Waals surface area contributed by atoms with Crippen molar-refractivity contribution in [1.82, 2.24) is 4.98 Å². The van der Waals surface area contributed by atoms with Crippen LogP contribution in [0.5, 0.6) is 0 Å². The number of aryl methyl sites for hydroxylation is 2. The first-order valence-electron chi connectivity index (χ1n) is 8.90. The fourth-order valence-electron chi connectivity index (χ4n) is 2.97. The van der Waals surface area contributed by atoms with Crippen LogP contribution in [0.1, 0.15) is 52.7 Å².